The zero-order valence-corrected chi connectivity index (χ0v) is 14.4. The van der Waals surface area contributed by atoms with Gasteiger partial charge in [-0.3, -0.25) is 10.1 Å². The van der Waals surface area contributed by atoms with Crippen LogP contribution in [0, 0.1) is 0 Å². The first-order valence-corrected chi connectivity index (χ1v) is 8.16. The third kappa shape index (κ3) is 4.04. The topological polar surface area (TPSA) is 86.5 Å². The van der Waals surface area contributed by atoms with Crippen molar-refractivity contribution in [1.29, 1.82) is 0 Å². The number of carbonyl (C=O) groups excluding carboxylic acids is 1. The second-order valence-electron chi connectivity index (χ2n) is 4.82. The van der Waals surface area contributed by atoms with Gasteiger partial charge in [0, 0.05) is 17.0 Å². The second-order valence-corrected chi connectivity index (χ2v) is 5.80. The Morgan fingerprint density at radius 1 is 1.24 bits per heavy atom. The van der Waals surface area contributed by atoms with Crippen LogP contribution in [0.1, 0.15) is 4.88 Å². The number of nitrogens with zero attached hydrogens (tertiary/aromatic N) is 2. The molecule has 0 fully saturated rings. The van der Waals surface area contributed by atoms with Gasteiger partial charge in [-0.05, 0) is 29.7 Å². The summed E-state index contributed by atoms with van der Waals surface area (Å²) in [5, 5.41) is 12.2. The summed E-state index contributed by atoms with van der Waals surface area (Å²) >= 11 is 1.54. The molecule has 0 atom stereocenters. The van der Waals surface area contributed by atoms with Crippen molar-refractivity contribution in [2.75, 3.05) is 19.5 Å². The number of nitrogens with one attached hydrogen (secondary N) is 1. The van der Waals surface area contributed by atoms with Gasteiger partial charge in [0.2, 0.25) is 0 Å². The minimum Gasteiger partial charge on any atom is -0.497 e. The smallest absolute Gasteiger partial charge is 0.322 e. The van der Waals surface area contributed by atoms with Gasteiger partial charge < -0.3 is 13.9 Å². The summed E-state index contributed by atoms with van der Waals surface area (Å²) in [5.41, 5.74) is 0.602. The van der Waals surface area contributed by atoms with Crippen molar-refractivity contribution in [2.45, 2.75) is 0 Å². The molecule has 1 amide bonds. The molecule has 1 N–H and O–H groups in total. The fourth-order valence-corrected chi connectivity index (χ4v) is 2.67. The molecule has 1 aromatic carbocycles. The summed E-state index contributed by atoms with van der Waals surface area (Å²) in [6, 6.07) is 9.04. The molecule has 3 aromatic rings. The van der Waals surface area contributed by atoms with E-state index < -0.39 is 0 Å². The third-order valence-electron chi connectivity index (χ3n) is 3.24. The average Bonchev–Trinajstić information content (AvgIpc) is 3.31. The molecule has 25 heavy (non-hydrogen) atoms. The van der Waals surface area contributed by atoms with E-state index in [0.717, 1.165) is 4.88 Å². The fraction of sp³-hybridized carbons (Fsp3) is 0.118. The highest BCUT2D eigenvalue weighted by Crippen LogP contribution is 2.32. The molecule has 0 radical (unpaired) electrons. The minimum absolute atomic E-state index is 0.00806. The van der Waals surface area contributed by atoms with Gasteiger partial charge in [0.1, 0.15) is 11.5 Å². The van der Waals surface area contributed by atoms with Crippen LogP contribution in [0.4, 0.5) is 6.01 Å². The monoisotopic (exact) mass is 357 g/mol. The van der Waals surface area contributed by atoms with Crippen molar-refractivity contribution in [2.24, 2.45) is 0 Å². The summed E-state index contributed by atoms with van der Waals surface area (Å²) < 4.78 is 15.9. The van der Waals surface area contributed by atoms with E-state index in [-0.39, 0.29) is 17.8 Å². The van der Waals surface area contributed by atoms with E-state index in [1.165, 1.54) is 24.5 Å². The number of carbonyl (C=O) groups is 1. The van der Waals surface area contributed by atoms with Crippen LogP contribution in [-0.4, -0.2) is 30.3 Å². The molecule has 0 bridgehead atoms. The number of rotatable bonds is 6. The van der Waals surface area contributed by atoms with Crippen LogP contribution >= 0.6 is 11.3 Å². The molecular formula is C17H15N3O4S. The van der Waals surface area contributed by atoms with Crippen LogP contribution in [0.3, 0.4) is 0 Å². The van der Waals surface area contributed by atoms with Crippen molar-refractivity contribution in [3.63, 3.8) is 0 Å². The minimum atomic E-state index is -0.356. The highest BCUT2D eigenvalue weighted by atomic mass is 32.1. The molecule has 3 rings (SSSR count). The summed E-state index contributed by atoms with van der Waals surface area (Å²) in [7, 11) is 3.10. The lowest BCUT2D eigenvalue weighted by Crippen LogP contribution is -2.07. The van der Waals surface area contributed by atoms with Gasteiger partial charge in [-0.15, -0.1) is 16.4 Å². The highest BCUT2D eigenvalue weighted by Gasteiger charge is 2.15. The Morgan fingerprint density at radius 2 is 2.12 bits per heavy atom. The first kappa shape index (κ1) is 16.7. The Bertz CT molecular complexity index is 887. The lowest BCUT2D eigenvalue weighted by molar-refractivity contribution is -0.112. The van der Waals surface area contributed by atoms with Crippen LogP contribution < -0.4 is 14.8 Å². The molecule has 0 aliphatic heterocycles. The zero-order valence-electron chi connectivity index (χ0n) is 13.6. The van der Waals surface area contributed by atoms with Gasteiger partial charge in [-0.25, -0.2) is 0 Å². The number of hydrogen-bond donors (Lipinski definition) is 1. The summed E-state index contributed by atoms with van der Waals surface area (Å²) in [4.78, 5) is 12.9. The van der Waals surface area contributed by atoms with E-state index in [9.17, 15) is 4.79 Å². The molecule has 8 heteroatoms. The maximum atomic E-state index is 11.9. The number of thiophene rings is 1. The van der Waals surface area contributed by atoms with Gasteiger partial charge in [0.25, 0.3) is 11.8 Å². The van der Waals surface area contributed by atoms with Gasteiger partial charge in [0.15, 0.2) is 0 Å². The van der Waals surface area contributed by atoms with Crippen molar-refractivity contribution < 1.29 is 18.7 Å². The molecule has 0 aliphatic carbocycles. The lowest BCUT2D eigenvalue weighted by Gasteiger charge is -2.07. The van der Waals surface area contributed by atoms with E-state index in [1.807, 2.05) is 17.5 Å². The Morgan fingerprint density at radius 3 is 2.84 bits per heavy atom. The van der Waals surface area contributed by atoms with E-state index in [1.54, 1.807) is 31.4 Å². The van der Waals surface area contributed by atoms with Crippen molar-refractivity contribution >= 4 is 29.3 Å². The first-order valence-electron chi connectivity index (χ1n) is 7.28. The maximum absolute atomic E-state index is 11.9. The Balaban J connectivity index is 1.73. The Labute approximate surface area is 147 Å². The van der Waals surface area contributed by atoms with Crippen LogP contribution in [0.5, 0.6) is 11.5 Å². The quantitative estimate of drug-likeness (QED) is 0.680. The largest absolute Gasteiger partial charge is 0.497 e. The molecule has 0 aliphatic rings. The van der Waals surface area contributed by atoms with Crippen molar-refractivity contribution in [3.05, 3.63) is 46.7 Å². The molecule has 0 spiro atoms. The van der Waals surface area contributed by atoms with E-state index in [0.29, 0.717) is 17.1 Å². The number of ether oxygens (including phenoxy) is 2. The summed E-state index contributed by atoms with van der Waals surface area (Å²) in [6.45, 7) is 0. The van der Waals surface area contributed by atoms with Gasteiger partial charge in [-0.1, -0.05) is 11.2 Å². The van der Waals surface area contributed by atoms with Gasteiger partial charge >= 0.3 is 6.01 Å². The standard InChI is InChI=1S/C17H15N3O4S/c1-22-11-5-7-13(14(10-11)23-2)16-19-20-17(24-16)18-15(21)8-6-12-4-3-9-25-12/h3-10H,1-2H3,(H,18,20,21)/b8-6+. The van der Waals surface area contributed by atoms with Crippen molar-refractivity contribution in [3.8, 4) is 23.0 Å². The molecule has 0 saturated carbocycles. The second kappa shape index (κ2) is 7.63. The molecule has 128 valence electrons. The number of amides is 1. The molecule has 0 saturated heterocycles. The molecule has 7 nitrogen and oxygen atoms in total. The SMILES string of the molecule is COc1ccc(-c2nnc(NC(=O)/C=C/c3cccs3)o2)c(OC)c1. The van der Waals surface area contributed by atoms with Gasteiger partial charge in [0.05, 0.1) is 19.8 Å². The molecule has 0 unspecified atom stereocenters. The normalized spacial score (nSPS) is 10.8. The van der Waals surface area contributed by atoms with E-state index in [4.69, 9.17) is 13.9 Å². The third-order valence-corrected chi connectivity index (χ3v) is 4.07. The van der Waals surface area contributed by atoms with Crippen LogP contribution in [0.15, 0.2) is 46.2 Å². The zero-order chi connectivity index (χ0) is 17.6. The Kier molecular flexibility index (Phi) is 5.10. The molecule has 2 heterocycles. The van der Waals surface area contributed by atoms with Gasteiger partial charge in [-0.2, -0.15) is 0 Å². The number of methoxy groups -OCH3 is 2. The fourth-order valence-electron chi connectivity index (χ4n) is 2.05. The highest BCUT2D eigenvalue weighted by molar-refractivity contribution is 7.10. The predicted molar refractivity (Wildman–Crippen MR) is 94.8 cm³/mol. The van der Waals surface area contributed by atoms with Crippen LogP contribution in [0.2, 0.25) is 0 Å². The molecule has 2 aromatic heterocycles. The summed E-state index contributed by atoms with van der Waals surface area (Å²) in [6.07, 6.45) is 3.12. The first-order chi connectivity index (χ1) is 12.2. The molecular weight excluding hydrogens is 342 g/mol. The lowest BCUT2D eigenvalue weighted by atomic mass is 10.2. The summed E-state index contributed by atoms with van der Waals surface area (Å²) in [5.74, 6) is 1.05. The number of aromatic nitrogens is 2. The Hall–Kier alpha value is -3.13. The van der Waals surface area contributed by atoms with Crippen LogP contribution in [0.25, 0.3) is 17.5 Å². The number of hydrogen-bond acceptors (Lipinski definition) is 7. The average molecular weight is 357 g/mol. The van der Waals surface area contributed by atoms with Crippen LogP contribution in [-0.2, 0) is 4.79 Å². The predicted octanol–water partition coefficient (Wildman–Crippen LogP) is 3.47. The van der Waals surface area contributed by atoms with E-state index in [2.05, 4.69) is 15.5 Å². The van der Waals surface area contributed by atoms with Crippen molar-refractivity contribution in [1.82, 2.24) is 10.2 Å². The van der Waals surface area contributed by atoms with E-state index >= 15 is 0 Å². The number of benzene rings is 1. The number of anilines is 1. The maximum Gasteiger partial charge on any atom is 0.322 e.